The molecule has 0 aliphatic rings. The summed E-state index contributed by atoms with van der Waals surface area (Å²) >= 11 is 0. The quantitative estimate of drug-likeness (QED) is 0.578. The van der Waals surface area contributed by atoms with E-state index in [-0.39, 0.29) is 5.41 Å². The lowest BCUT2D eigenvalue weighted by atomic mass is 9.87. The van der Waals surface area contributed by atoms with Gasteiger partial charge in [0.15, 0.2) is 0 Å². The molecule has 0 spiro atoms. The summed E-state index contributed by atoms with van der Waals surface area (Å²) in [6.45, 7) is 13.8. The maximum absolute atomic E-state index is 5.78. The van der Waals surface area contributed by atoms with Gasteiger partial charge in [0.25, 0.3) is 0 Å². The van der Waals surface area contributed by atoms with Crippen LogP contribution in [0.5, 0.6) is 5.75 Å². The molecule has 0 aliphatic heterocycles. The van der Waals surface area contributed by atoms with Gasteiger partial charge in [-0.15, -0.1) is 0 Å². The number of hydrogen-bond acceptors (Lipinski definition) is 1. The Hall–Kier alpha value is -1.50. The van der Waals surface area contributed by atoms with Crippen LogP contribution in [-0.2, 0) is 5.41 Å². The van der Waals surface area contributed by atoms with Crippen LogP contribution < -0.4 is 4.74 Å². The van der Waals surface area contributed by atoms with Crippen LogP contribution in [-0.4, -0.2) is 6.61 Å². The summed E-state index contributed by atoms with van der Waals surface area (Å²) in [4.78, 5) is 0. The second-order valence-corrected chi connectivity index (χ2v) is 6.96. The molecule has 0 atom stereocenters. The molecule has 0 N–H and O–H groups in total. The Balaban J connectivity index is 2.43. The topological polar surface area (TPSA) is 9.23 Å². The molecule has 21 heavy (non-hydrogen) atoms. The first-order valence-electron chi connectivity index (χ1n) is 7.81. The summed E-state index contributed by atoms with van der Waals surface area (Å²) in [5.41, 5.74) is 4.31. The highest BCUT2D eigenvalue weighted by molar-refractivity contribution is 5.31. The molecule has 0 radical (unpaired) electrons. The van der Waals surface area contributed by atoms with Crippen molar-refractivity contribution in [3.63, 3.8) is 0 Å². The van der Waals surface area contributed by atoms with Crippen molar-refractivity contribution in [2.45, 2.75) is 59.8 Å². The van der Waals surface area contributed by atoms with Gasteiger partial charge in [0, 0.05) is 0 Å². The Labute approximate surface area is 130 Å². The predicted molar refractivity (Wildman–Crippen MR) is 93.1 cm³/mol. The van der Waals surface area contributed by atoms with E-state index < -0.39 is 0 Å². The zero-order valence-corrected chi connectivity index (χ0v) is 14.5. The fraction of sp³-hybridized carbons (Fsp3) is 0.500. The summed E-state index contributed by atoms with van der Waals surface area (Å²) in [6, 6.07) is 8.43. The number of hydrogen-bond donors (Lipinski definition) is 0. The van der Waals surface area contributed by atoms with Gasteiger partial charge in [0.1, 0.15) is 12.4 Å². The van der Waals surface area contributed by atoms with Crippen molar-refractivity contribution in [3.8, 4) is 5.75 Å². The van der Waals surface area contributed by atoms with Crippen molar-refractivity contribution in [2.24, 2.45) is 0 Å². The van der Waals surface area contributed by atoms with Crippen LogP contribution in [0.15, 0.2) is 47.6 Å². The highest BCUT2D eigenvalue weighted by atomic mass is 16.5. The van der Waals surface area contributed by atoms with Gasteiger partial charge in [-0.1, -0.05) is 50.1 Å². The van der Waals surface area contributed by atoms with E-state index >= 15 is 0 Å². The molecular formula is C20H30O. The predicted octanol–water partition coefficient (Wildman–Crippen LogP) is 6.06. The number of allylic oxidation sites excluding steroid dienone is 3. The summed E-state index contributed by atoms with van der Waals surface area (Å²) < 4.78 is 5.78. The van der Waals surface area contributed by atoms with Crippen LogP contribution in [0.1, 0.15) is 59.9 Å². The van der Waals surface area contributed by atoms with Gasteiger partial charge in [-0.25, -0.2) is 0 Å². The van der Waals surface area contributed by atoms with Crippen LogP contribution in [0.2, 0.25) is 0 Å². The smallest absolute Gasteiger partial charge is 0.119 e. The van der Waals surface area contributed by atoms with Gasteiger partial charge >= 0.3 is 0 Å². The van der Waals surface area contributed by atoms with Crippen LogP contribution in [0.4, 0.5) is 0 Å². The monoisotopic (exact) mass is 286 g/mol. The lowest BCUT2D eigenvalue weighted by Gasteiger charge is -2.19. The summed E-state index contributed by atoms with van der Waals surface area (Å²) in [7, 11) is 0. The normalized spacial score (nSPS) is 12.2. The van der Waals surface area contributed by atoms with Gasteiger partial charge in [-0.05, 0) is 62.8 Å². The fourth-order valence-corrected chi connectivity index (χ4v) is 2.02. The summed E-state index contributed by atoms with van der Waals surface area (Å²) in [5, 5.41) is 0. The SMILES string of the molecule is CC(C)=CCCC(C)=CCOc1ccc(C(C)(C)C)cc1. The highest BCUT2D eigenvalue weighted by Gasteiger charge is 2.12. The molecular weight excluding hydrogens is 256 g/mol. The van der Waals surface area contributed by atoms with Gasteiger partial charge in [-0.3, -0.25) is 0 Å². The molecule has 0 unspecified atom stereocenters. The minimum Gasteiger partial charge on any atom is -0.490 e. The second-order valence-electron chi connectivity index (χ2n) is 6.96. The Bertz CT molecular complexity index is 480. The third-order valence-corrected chi connectivity index (χ3v) is 3.49. The van der Waals surface area contributed by atoms with E-state index in [0.717, 1.165) is 18.6 Å². The maximum atomic E-state index is 5.78. The minimum absolute atomic E-state index is 0.194. The standard InChI is InChI=1S/C20H30O/c1-16(2)8-7-9-17(3)14-15-21-19-12-10-18(11-13-19)20(4,5)6/h8,10-14H,7,9,15H2,1-6H3. The Morgan fingerprint density at radius 3 is 2.14 bits per heavy atom. The van der Waals surface area contributed by atoms with Crippen LogP contribution in [0.3, 0.4) is 0 Å². The third kappa shape index (κ3) is 7.17. The fourth-order valence-electron chi connectivity index (χ4n) is 2.02. The maximum Gasteiger partial charge on any atom is 0.119 e. The first-order valence-corrected chi connectivity index (χ1v) is 7.81. The second kappa shape index (κ2) is 8.07. The van der Waals surface area contributed by atoms with Crippen molar-refractivity contribution >= 4 is 0 Å². The Kier molecular flexibility index (Phi) is 6.74. The number of ether oxygens (including phenoxy) is 1. The molecule has 0 fully saturated rings. The molecule has 0 aromatic heterocycles. The molecule has 116 valence electrons. The largest absolute Gasteiger partial charge is 0.490 e. The van der Waals surface area contributed by atoms with E-state index in [1.807, 2.05) is 0 Å². The molecule has 0 bridgehead atoms. The minimum atomic E-state index is 0.194. The summed E-state index contributed by atoms with van der Waals surface area (Å²) in [6.07, 6.45) is 6.68. The highest BCUT2D eigenvalue weighted by Crippen LogP contribution is 2.24. The Morgan fingerprint density at radius 2 is 1.62 bits per heavy atom. The first-order chi connectivity index (χ1) is 9.79. The molecule has 1 nitrogen and oxygen atoms in total. The van der Waals surface area contributed by atoms with Crippen molar-refractivity contribution in [2.75, 3.05) is 6.61 Å². The van der Waals surface area contributed by atoms with Crippen molar-refractivity contribution < 1.29 is 4.74 Å². The molecule has 0 saturated heterocycles. The molecule has 1 aromatic carbocycles. The molecule has 0 saturated carbocycles. The molecule has 1 aromatic rings. The van der Waals surface area contributed by atoms with Crippen LogP contribution in [0, 0.1) is 0 Å². The van der Waals surface area contributed by atoms with E-state index in [1.54, 1.807) is 0 Å². The van der Waals surface area contributed by atoms with E-state index in [2.05, 4.69) is 78.0 Å². The average molecular weight is 286 g/mol. The van der Waals surface area contributed by atoms with Gasteiger partial charge in [0.2, 0.25) is 0 Å². The van der Waals surface area contributed by atoms with E-state index in [4.69, 9.17) is 4.74 Å². The van der Waals surface area contributed by atoms with Crippen molar-refractivity contribution in [3.05, 3.63) is 53.1 Å². The van der Waals surface area contributed by atoms with Gasteiger partial charge < -0.3 is 4.74 Å². The van der Waals surface area contributed by atoms with Gasteiger partial charge in [0.05, 0.1) is 0 Å². The zero-order chi connectivity index (χ0) is 15.9. The van der Waals surface area contributed by atoms with E-state index in [0.29, 0.717) is 6.61 Å². The van der Waals surface area contributed by atoms with Crippen molar-refractivity contribution in [1.29, 1.82) is 0 Å². The molecule has 0 heterocycles. The van der Waals surface area contributed by atoms with E-state index in [1.165, 1.54) is 16.7 Å². The summed E-state index contributed by atoms with van der Waals surface area (Å²) in [5.74, 6) is 0.941. The van der Waals surface area contributed by atoms with Crippen molar-refractivity contribution in [1.82, 2.24) is 0 Å². The molecule has 0 amide bonds. The van der Waals surface area contributed by atoms with E-state index in [9.17, 15) is 0 Å². The zero-order valence-electron chi connectivity index (χ0n) is 14.5. The number of rotatable bonds is 6. The lowest BCUT2D eigenvalue weighted by molar-refractivity contribution is 0.361. The molecule has 0 aliphatic carbocycles. The lowest BCUT2D eigenvalue weighted by Crippen LogP contribution is -2.10. The average Bonchev–Trinajstić information content (AvgIpc) is 2.38. The van der Waals surface area contributed by atoms with Crippen LogP contribution >= 0.6 is 0 Å². The first kappa shape index (κ1) is 17.6. The number of benzene rings is 1. The van der Waals surface area contributed by atoms with Crippen LogP contribution in [0.25, 0.3) is 0 Å². The molecule has 1 rings (SSSR count). The third-order valence-electron chi connectivity index (χ3n) is 3.49. The van der Waals surface area contributed by atoms with Gasteiger partial charge in [-0.2, -0.15) is 0 Å². The Morgan fingerprint density at radius 1 is 1.00 bits per heavy atom. The molecule has 1 heteroatoms.